The first-order valence-corrected chi connectivity index (χ1v) is 8.88. The first kappa shape index (κ1) is 15.6. The van der Waals surface area contributed by atoms with Gasteiger partial charge in [0.05, 0.1) is 22.3 Å². The van der Waals surface area contributed by atoms with Crippen molar-refractivity contribution in [1.82, 2.24) is 4.72 Å². The van der Waals surface area contributed by atoms with Crippen LogP contribution in [0, 0.1) is 11.3 Å². The smallest absolute Gasteiger partial charge is 0.229 e. The van der Waals surface area contributed by atoms with Crippen LogP contribution in [0.3, 0.4) is 0 Å². The van der Waals surface area contributed by atoms with Crippen LogP contribution in [0.15, 0.2) is 29.2 Å². The minimum Gasteiger partial charge on any atom is -0.229 e. The maximum atomic E-state index is 11.9. The normalized spacial score (nSPS) is 13.7. The van der Waals surface area contributed by atoms with Gasteiger partial charge in [-0.1, -0.05) is 0 Å². The molecule has 19 heavy (non-hydrogen) atoms. The number of hydrogen-bond donors (Lipinski definition) is 1. The van der Waals surface area contributed by atoms with Crippen LogP contribution < -0.4 is 4.72 Å². The lowest BCUT2D eigenvalue weighted by atomic mass is 10.2. The van der Waals surface area contributed by atoms with E-state index in [4.69, 9.17) is 5.26 Å². The summed E-state index contributed by atoms with van der Waals surface area (Å²) in [5.74, 6) is -0.275. The summed E-state index contributed by atoms with van der Waals surface area (Å²) < 4.78 is 48.3. The van der Waals surface area contributed by atoms with Gasteiger partial charge in [0.1, 0.15) is 9.84 Å². The van der Waals surface area contributed by atoms with E-state index in [0.29, 0.717) is 5.56 Å². The third-order valence-electron chi connectivity index (χ3n) is 2.20. The van der Waals surface area contributed by atoms with Crippen LogP contribution in [0.2, 0.25) is 0 Å². The molecule has 1 aromatic rings. The molecule has 0 saturated heterocycles. The molecule has 1 unspecified atom stereocenters. The number of sulfonamides is 1. The minimum atomic E-state index is -3.78. The van der Waals surface area contributed by atoms with E-state index in [0.717, 1.165) is 6.26 Å². The van der Waals surface area contributed by atoms with E-state index in [9.17, 15) is 16.8 Å². The molecule has 6 nitrogen and oxygen atoms in total. The number of sulfone groups is 1. The van der Waals surface area contributed by atoms with Gasteiger partial charge in [0.15, 0.2) is 0 Å². The van der Waals surface area contributed by atoms with Crippen molar-refractivity contribution in [2.45, 2.75) is 17.9 Å². The van der Waals surface area contributed by atoms with E-state index in [1.165, 1.54) is 31.2 Å². The summed E-state index contributed by atoms with van der Waals surface area (Å²) in [6.45, 7) is 1.47. The van der Waals surface area contributed by atoms with Gasteiger partial charge < -0.3 is 0 Å². The van der Waals surface area contributed by atoms with Crippen LogP contribution in [-0.2, 0) is 19.9 Å². The molecule has 1 rings (SSSR count). The number of hydrogen-bond acceptors (Lipinski definition) is 5. The zero-order valence-electron chi connectivity index (χ0n) is 10.5. The van der Waals surface area contributed by atoms with Crippen molar-refractivity contribution in [3.05, 3.63) is 29.8 Å². The van der Waals surface area contributed by atoms with E-state index >= 15 is 0 Å². The maximum Gasteiger partial charge on any atom is 0.240 e. The summed E-state index contributed by atoms with van der Waals surface area (Å²) in [6, 6.07) is 6.53. The summed E-state index contributed by atoms with van der Waals surface area (Å²) in [7, 11) is -7.04. The van der Waals surface area contributed by atoms with Crippen molar-refractivity contribution in [3.63, 3.8) is 0 Å². The van der Waals surface area contributed by atoms with Gasteiger partial charge in [-0.15, -0.1) is 0 Å². The van der Waals surface area contributed by atoms with Gasteiger partial charge in [-0.05, 0) is 31.2 Å². The molecular weight excluding hydrogens is 288 g/mol. The first-order valence-electron chi connectivity index (χ1n) is 5.34. The molecule has 0 aliphatic heterocycles. The molecular formula is C11H14N2O4S2. The zero-order chi connectivity index (χ0) is 14.7. The average molecular weight is 302 g/mol. The maximum absolute atomic E-state index is 11.9. The third kappa shape index (κ3) is 4.98. The Morgan fingerprint density at radius 3 is 2.16 bits per heavy atom. The van der Waals surface area contributed by atoms with E-state index in [1.807, 2.05) is 6.07 Å². The lowest BCUT2D eigenvalue weighted by molar-refractivity contribution is 0.564. The van der Waals surface area contributed by atoms with Crippen molar-refractivity contribution in [3.8, 4) is 6.07 Å². The highest BCUT2D eigenvalue weighted by Crippen LogP contribution is 2.10. The van der Waals surface area contributed by atoms with Crippen molar-refractivity contribution in [1.29, 1.82) is 5.26 Å². The Kier molecular flexibility index (Phi) is 4.68. The Morgan fingerprint density at radius 1 is 1.21 bits per heavy atom. The van der Waals surface area contributed by atoms with E-state index in [1.54, 1.807) is 0 Å². The number of benzene rings is 1. The van der Waals surface area contributed by atoms with Crippen molar-refractivity contribution < 1.29 is 16.8 Å². The molecule has 0 aliphatic rings. The molecule has 1 N–H and O–H groups in total. The molecule has 1 atom stereocenters. The topological polar surface area (TPSA) is 104 Å². The summed E-state index contributed by atoms with van der Waals surface area (Å²) in [5, 5.41) is 8.62. The lowest BCUT2D eigenvalue weighted by Crippen LogP contribution is -2.37. The molecule has 0 saturated carbocycles. The van der Waals surface area contributed by atoms with Gasteiger partial charge in [0, 0.05) is 12.3 Å². The first-order chi connectivity index (χ1) is 8.64. The van der Waals surface area contributed by atoms with Gasteiger partial charge in [-0.25, -0.2) is 21.6 Å². The van der Waals surface area contributed by atoms with Crippen LogP contribution in [-0.4, -0.2) is 34.9 Å². The minimum absolute atomic E-state index is 0.00755. The Bertz CT molecular complexity index is 685. The monoisotopic (exact) mass is 302 g/mol. The number of rotatable bonds is 5. The van der Waals surface area contributed by atoms with Crippen LogP contribution >= 0.6 is 0 Å². The highest BCUT2D eigenvalue weighted by molar-refractivity contribution is 7.91. The van der Waals surface area contributed by atoms with Crippen LogP contribution in [0.4, 0.5) is 0 Å². The third-order valence-corrected chi connectivity index (χ3v) is 4.91. The molecule has 8 heteroatoms. The summed E-state index contributed by atoms with van der Waals surface area (Å²) in [4.78, 5) is -0.00755. The molecule has 0 amide bonds. The number of nitriles is 1. The number of nitrogens with zero attached hydrogens (tertiary/aromatic N) is 1. The van der Waals surface area contributed by atoms with Crippen LogP contribution in [0.1, 0.15) is 12.5 Å². The van der Waals surface area contributed by atoms with Crippen molar-refractivity contribution in [2.75, 3.05) is 12.0 Å². The van der Waals surface area contributed by atoms with Crippen LogP contribution in [0.25, 0.3) is 0 Å². The average Bonchev–Trinajstić information content (AvgIpc) is 2.25. The molecule has 0 radical (unpaired) electrons. The van der Waals surface area contributed by atoms with E-state index in [-0.39, 0.29) is 10.6 Å². The summed E-state index contributed by atoms with van der Waals surface area (Å²) in [5.41, 5.74) is 0.350. The van der Waals surface area contributed by atoms with Gasteiger partial charge in [0.2, 0.25) is 10.0 Å². The molecule has 0 heterocycles. The Balaban J connectivity index is 2.89. The van der Waals surface area contributed by atoms with Gasteiger partial charge in [-0.2, -0.15) is 5.26 Å². The second kappa shape index (κ2) is 5.69. The Hall–Kier alpha value is -1.43. The quantitative estimate of drug-likeness (QED) is 0.840. The SMILES string of the molecule is CC(CS(C)(=O)=O)NS(=O)(=O)c1ccc(C#N)cc1. The van der Waals surface area contributed by atoms with Gasteiger partial charge >= 0.3 is 0 Å². The molecule has 1 aromatic carbocycles. The Labute approximate surface area is 113 Å². The van der Waals surface area contributed by atoms with Gasteiger partial charge in [-0.3, -0.25) is 0 Å². The fourth-order valence-corrected chi connectivity index (χ4v) is 3.87. The molecule has 0 aliphatic carbocycles. The highest BCUT2D eigenvalue weighted by atomic mass is 32.2. The molecule has 0 spiro atoms. The molecule has 0 aromatic heterocycles. The fourth-order valence-electron chi connectivity index (χ4n) is 1.53. The largest absolute Gasteiger partial charge is 0.240 e. The highest BCUT2D eigenvalue weighted by Gasteiger charge is 2.19. The van der Waals surface area contributed by atoms with Crippen molar-refractivity contribution >= 4 is 19.9 Å². The summed E-state index contributed by atoms with van der Waals surface area (Å²) in [6.07, 6.45) is 1.04. The second-order valence-electron chi connectivity index (χ2n) is 4.25. The van der Waals surface area contributed by atoms with Crippen LogP contribution in [0.5, 0.6) is 0 Å². The molecule has 104 valence electrons. The zero-order valence-corrected chi connectivity index (χ0v) is 12.1. The molecule has 0 bridgehead atoms. The lowest BCUT2D eigenvalue weighted by Gasteiger charge is -2.13. The predicted molar refractivity (Wildman–Crippen MR) is 70.7 cm³/mol. The van der Waals surface area contributed by atoms with Crippen molar-refractivity contribution in [2.24, 2.45) is 0 Å². The standard InChI is InChI=1S/C11H14N2O4S2/c1-9(8-18(2,14)15)13-19(16,17)11-5-3-10(7-12)4-6-11/h3-6,9,13H,8H2,1-2H3. The van der Waals surface area contributed by atoms with E-state index < -0.39 is 25.9 Å². The molecule has 0 fully saturated rings. The van der Waals surface area contributed by atoms with Gasteiger partial charge in [0.25, 0.3) is 0 Å². The summed E-state index contributed by atoms with van der Waals surface area (Å²) >= 11 is 0. The number of nitrogens with one attached hydrogen (secondary N) is 1. The van der Waals surface area contributed by atoms with E-state index in [2.05, 4.69) is 4.72 Å². The fraction of sp³-hybridized carbons (Fsp3) is 0.364. The predicted octanol–water partition coefficient (Wildman–Crippen LogP) is 0.270. The second-order valence-corrected chi connectivity index (χ2v) is 8.15. The Morgan fingerprint density at radius 2 is 1.74 bits per heavy atom.